The number of hydrogen-bond acceptors (Lipinski definition) is 3. The van der Waals surface area contributed by atoms with Crippen LogP contribution in [0.5, 0.6) is 0 Å². The molecule has 1 aliphatic heterocycles. The third kappa shape index (κ3) is 3.37. The van der Waals surface area contributed by atoms with Gasteiger partial charge in [0.05, 0.1) is 17.3 Å². The molecule has 29 heavy (non-hydrogen) atoms. The van der Waals surface area contributed by atoms with Gasteiger partial charge in [0, 0.05) is 17.5 Å². The zero-order valence-electron chi connectivity index (χ0n) is 17.2. The van der Waals surface area contributed by atoms with E-state index in [1.54, 1.807) is 4.68 Å². The summed E-state index contributed by atoms with van der Waals surface area (Å²) in [6, 6.07) is 13.9. The van der Waals surface area contributed by atoms with Crippen LogP contribution in [0.3, 0.4) is 0 Å². The molecule has 2 heterocycles. The number of amides is 1. The Morgan fingerprint density at radius 1 is 1.14 bits per heavy atom. The van der Waals surface area contributed by atoms with Gasteiger partial charge in [0.1, 0.15) is 5.82 Å². The van der Waals surface area contributed by atoms with Crippen molar-refractivity contribution in [2.24, 2.45) is 0 Å². The Balaban J connectivity index is 1.80. The van der Waals surface area contributed by atoms with E-state index in [1.165, 1.54) is 5.56 Å². The summed E-state index contributed by atoms with van der Waals surface area (Å²) in [5.74, 6) is -0.107. The molecular weight excluding hydrogens is 362 g/mol. The summed E-state index contributed by atoms with van der Waals surface area (Å²) in [7, 11) is 0. The van der Waals surface area contributed by atoms with Crippen molar-refractivity contribution in [2.45, 2.75) is 46.5 Å². The van der Waals surface area contributed by atoms with Crippen LogP contribution in [-0.2, 0) is 11.2 Å². The van der Waals surface area contributed by atoms with Crippen molar-refractivity contribution in [3.8, 4) is 5.69 Å². The van der Waals surface area contributed by atoms with Gasteiger partial charge in [-0.05, 0) is 50.5 Å². The summed E-state index contributed by atoms with van der Waals surface area (Å²) < 4.78 is 1.74. The average Bonchev–Trinajstić information content (AvgIpc) is 3.03. The predicted octanol–water partition coefficient (Wildman–Crippen LogP) is 4.67. The highest BCUT2D eigenvalue weighted by Gasteiger charge is 2.36. The lowest BCUT2D eigenvalue weighted by Crippen LogP contribution is -2.28. The molecule has 148 valence electrons. The fourth-order valence-corrected chi connectivity index (χ4v) is 4.11. The fraction of sp³-hybridized carbons (Fsp3) is 0.292. The molecular formula is C24H25N3O2. The Hall–Kier alpha value is -3.21. The summed E-state index contributed by atoms with van der Waals surface area (Å²) in [6.07, 6.45) is 1.10. The molecule has 0 aliphatic carbocycles. The van der Waals surface area contributed by atoms with E-state index in [2.05, 4.69) is 29.5 Å². The highest BCUT2D eigenvalue weighted by molar-refractivity contribution is 6.08. The number of fused-ring (bicyclic) bond motifs is 1. The van der Waals surface area contributed by atoms with Crippen molar-refractivity contribution < 1.29 is 9.59 Å². The third-order valence-electron chi connectivity index (χ3n) is 5.66. The number of carbonyl (C=O) groups excluding carboxylic acids is 2. The lowest BCUT2D eigenvalue weighted by Gasteiger charge is -2.24. The van der Waals surface area contributed by atoms with Gasteiger partial charge >= 0.3 is 0 Å². The van der Waals surface area contributed by atoms with Gasteiger partial charge in [0.15, 0.2) is 5.78 Å². The molecule has 1 aliphatic rings. The van der Waals surface area contributed by atoms with Crippen LogP contribution in [0.1, 0.15) is 57.6 Å². The maximum Gasteiger partial charge on any atom is 0.226 e. The lowest BCUT2D eigenvalue weighted by molar-refractivity contribution is -0.116. The zero-order chi connectivity index (χ0) is 20.7. The molecule has 5 nitrogen and oxygen atoms in total. The highest BCUT2D eigenvalue weighted by atomic mass is 16.2. The van der Waals surface area contributed by atoms with Crippen LogP contribution in [-0.4, -0.2) is 21.5 Å². The number of Topliss-reactive ketones (excluding diaryl/α,β-unsaturated/α-hetero) is 1. The van der Waals surface area contributed by atoms with Gasteiger partial charge in [0.2, 0.25) is 5.91 Å². The minimum atomic E-state index is -0.524. The van der Waals surface area contributed by atoms with E-state index >= 15 is 0 Å². The summed E-state index contributed by atoms with van der Waals surface area (Å²) in [5.41, 5.74) is 6.39. The van der Waals surface area contributed by atoms with E-state index in [0.29, 0.717) is 11.4 Å². The molecule has 0 bridgehead atoms. The molecule has 0 radical (unpaired) electrons. The molecule has 1 aromatic heterocycles. The topological polar surface area (TPSA) is 64.0 Å². The second-order valence-corrected chi connectivity index (χ2v) is 7.77. The molecule has 0 saturated heterocycles. The van der Waals surface area contributed by atoms with Crippen LogP contribution in [0.4, 0.5) is 5.82 Å². The van der Waals surface area contributed by atoms with Gasteiger partial charge in [-0.2, -0.15) is 5.10 Å². The van der Waals surface area contributed by atoms with E-state index in [4.69, 9.17) is 0 Å². The predicted molar refractivity (Wildman–Crippen MR) is 114 cm³/mol. The number of anilines is 1. The maximum absolute atomic E-state index is 13.4. The largest absolute Gasteiger partial charge is 0.310 e. The van der Waals surface area contributed by atoms with E-state index in [0.717, 1.165) is 34.5 Å². The average molecular weight is 387 g/mol. The molecule has 1 N–H and O–H groups in total. The van der Waals surface area contributed by atoms with Crippen molar-refractivity contribution in [3.63, 3.8) is 0 Å². The maximum atomic E-state index is 13.4. The Bertz CT molecular complexity index is 1110. The normalized spacial score (nSPS) is 15.7. The molecule has 1 atom stereocenters. The van der Waals surface area contributed by atoms with Crippen molar-refractivity contribution in [1.82, 2.24) is 9.78 Å². The molecule has 0 spiro atoms. The Morgan fingerprint density at radius 3 is 2.52 bits per heavy atom. The molecule has 1 amide bonds. The third-order valence-corrected chi connectivity index (χ3v) is 5.66. The molecule has 5 heteroatoms. The highest BCUT2D eigenvalue weighted by Crippen LogP contribution is 2.38. The zero-order valence-corrected chi connectivity index (χ0v) is 17.2. The summed E-state index contributed by atoms with van der Waals surface area (Å²) >= 11 is 0. The second-order valence-electron chi connectivity index (χ2n) is 7.77. The molecule has 3 aromatic rings. The number of rotatable bonds is 4. The first-order valence-corrected chi connectivity index (χ1v) is 9.99. The van der Waals surface area contributed by atoms with Gasteiger partial charge in [-0.1, -0.05) is 42.8 Å². The number of benzene rings is 2. The summed E-state index contributed by atoms with van der Waals surface area (Å²) in [4.78, 5) is 25.9. The van der Waals surface area contributed by atoms with Crippen LogP contribution >= 0.6 is 0 Å². The second kappa shape index (κ2) is 7.32. The van der Waals surface area contributed by atoms with Gasteiger partial charge in [0.25, 0.3) is 0 Å². The molecule has 4 rings (SSSR count). The lowest BCUT2D eigenvalue weighted by atomic mass is 9.84. The van der Waals surface area contributed by atoms with E-state index in [9.17, 15) is 9.59 Å². The van der Waals surface area contributed by atoms with E-state index in [1.807, 2.05) is 51.1 Å². The quantitative estimate of drug-likeness (QED) is 0.662. The number of hydrogen-bond donors (Lipinski definition) is 1. The summed E-state index contributed by atoms with van der Waals surface area (Å²) in [6.45, 7) is 7.95. The number of carbonyl (C=O) groups is 2. The van der Waals surface area contributed by atoms with Crippen molar-refractivity contribution >= 4 is 17.5 Å². The monoisotopic (exact) mass is 387 g/mol. The first-order valence-electron chi connectivity index (χ1n) is 9.99. The minimum Gasteiger partial charge on any atom is -0.310 e. The summed E-state index contributed by atoms with van der Waals surface area (Å²) in [5, 5.41) is 7.61. The van der Waals surface area contributed by atoms with E-state index < -0.39 is 5.92 Å². The molecule has 0 fully saturated rings. The van der Waals surface area contributed by atoms with Crippen LogP contribution in [0, 0.1) is 20.8 Å². The van der Waals surface area contributed by atoms with Gasteiger partial charge < -0.3 is 5.32 Å². The van der Waals surface area contributed by atoms with Crippen LogP contribution in [0.15, 0.2) is 42.5 Å². The van der Waals surface area contributed by atoms with Crippen molar-refractivity contribution in [2.75, 3.05) is 5.32 Å². The Labute approximate surface area is 170 Å². The smallest absolute Gasteiger partial charge is 0.226 e. The van der Waals surface area contributed by atoms with Gasteiger partial charge in [-0.3, -0.25) is 9.59 Å². The number of nitrogens with zero attached hydrogens (tertiary/aromatic N) is 2. The molecule has 1 unspecified atom stereocenters. The number of aryl methyl sites for hydroxylation is 4. The van der Waals surface area contributed by atoms with Crippen LogP contribution < -0.4 is 5.32 Å². The Kier molecular flexibility index (Phi) is 4.82. The van der Waals surface area contributed by atoms with Crippen LogP contribution in [0.25, 0.3) is 5.69 Å². The SMILES string of the molecule is CCc1ccc(-n2nc(C)c3c2NC(=O)CC3C(=O)c2ccc(C)cc2C)cc1. The fourth-order valence-electron chi connectivity index (χ4n) is 4.11. The first-order chi connectivity index (χ1) is 13.9. The number of ketones is 1. The van der Waals surface area contributed by atoms with Gasteiger partial charge in [-0.25, -0.2) is 4.68 Å². The minimum absolute atomic E-state index is 0.0254. The van der Waals surface area contributed by atoms with Crippen molar-refractivity contribution in [3.05, 3.63) is 76.0 Å². The van der Waals surface area contributed by atoms with E-state index in [-0.39, 0.29) is 18.1 Å². The molecule has 0 saturated carbocycles. The van der Waals surface area contributed by atoms with Gasteiger partial charge in [-0.15, -0.1) is 0 Å². The van der Waals surface area contributed by atoms with Crippen LogP contribution in [0.2, 0.25) is 0 Å². The number of nitrogens with one attached hydrogen (secondary N) is 1. The Morgan fingerprint density at radius 2 is 1.86 bits per heavy atom. The van der Waals surface area contributed by atoms with Crippen molar-refractivity contribution in [1.29, 1.82) is 0 Å². The number of aromatic nitrogens is 2. The standard InChI is InChI=1S/C24H25N3O2/c1-5-17-7-9-18(10-8-17)27-24-22(16(4)26-27)20(13-21(28)25-24)23(29)19-11-6-14(2)12-15(19)3/h6-12,20H,5,13H2,1-4H3,(H,25,28). The first kappa shape index (κ1) is 19.1. The molecule has 2 aromatic carbocycles.